The quantitative estimate of drug-likeness (QED) is 0.514. The molecule has 0 spiro atoms. The van der Waals surface area contributed by atoms with Gasteiger partial charge in [0, 0.05) is 11.6 Å². The van der Waals surface area contributed by atoms with E-state index >= 15 is 0 Å². The Hall–Kier alpha value is -1.99. The van der Waals surface area contributed by atoms with Gasteiger partial charge in [-0.2, -0.15) is 26.3 Å². The molecule has 1 rings (SSSR count). The molecule has 2 N–H and O–H groups in total. The normalized spacial score (nSPS) is 13.5. The Morgan fingerprint density at radius 3 is 2.16 bits per heavy atom. The lowest BCUT2D eigenvalue weighted by Gasteiger charge is -2.08. The van der Waals surface area contributed by atoms with Crippen molar-refractivity contribution in [1.82, 2.24) is 0 Å². The fraction of sp³-hybridized carbons (Fsp3) is 0.182. The Labute approximate surface area is 103 Å². The number of hydrogen-bond donors (Lipinski definition) is 1. The molecule has 2 nitrogen and oxygen atoms in total. The van der Waals surface area contributed by atoms with E-state index in [1.54, 1.807) is 0 Å². The van der Waals surface area contributed by atoms with Gasteiger partial charge in [-0.3, -0.25) is 4.79 Å². The highest BCUT2D eigenvalue weighted by Gasteiger charge is 2.33. The SMILES string of the molecule is NC(=CC(=O)c1cccc(C(F)(F)F)c1)C(F)(F)F. The van der Waals surface area contributed by atoms with E-state index in [9.17, 15) is 31.1 Å². The molecule has 19 heavy (non-hydrogen) atoms. The number of nitrogens with two attached hydrogens (primary N) is 1. The first-order valence-corrected chi connectivity index (χ1v) is 4.78. The van der Waals surface area contributed by atoms with E-state index in [0.29, 0.717) is 12.1 Å². The molecule has 0 heterocycles. The molecule has 0 radical (unpaired) electrons. The molecule has 0 aromatic heterocycles. The average molecular weight is 283 g/mol. The van der Waals surface area contributed by atoms with Gasteiger partial charge in [0.05, 0.1) is 5.56 Å². The topological polar surface area (TPSA) is 43.1 Å². The van der Waals surface area contributed by atoms with Gasteiger partial charge in [-0.1, -0.05) is 12.1 Å². The molecule has 0 bridgehead atoms. The van der Waals surface area contributed by atoms with Crippen molar-refractivity contribution in [1.29, 1.82) is 0 Å². The van der Waals surface area contributed by atoms with Gasteiger partial charge in [-0.05, 0) is 12.1 Å². The first-order valence-electron chi connectivity index (χ1n) is 4.78. The number of ketones is 1. The van der Waals surface area contributed by atoms with E-state index in [1.165, 1.54) is 0 Å². The van der Waals surface area contributed by atoms with Crippen LogP contribution in [-0.4, -0.2) is 12.0 Å². The van der Waals surface area contributed by atoms with Crippen molar-refractivity contribution >= 4 is 5.78 Å². The van der Waals surface area contributed by atoms with Crippen LogP contribution in [0.25, 0.3) is 0 Å². The van der Waals surface area contributed by atoms with Crippen LogP contribution in [0, 0.1) is 0 Å². The molecule has 0 fully saturated rings. The molecule has 0 amide bonds. The van der Waals surface area contributed by atoms with E-state index in [1.807, 2.05) is 0 Å². The second-order valence-electron chi connectivity index (χ2n) is 3.54. The van der Waals surface area contributed by atoms with Crippen LogP contribution in [0.1, 0.15) is 15.9 Å². The third kappa shape index (κ3) is 4.01. The van der Waals surface area contributed by atoms with Gasteiger partial charge in [-0.25, -0.2) is 0 Å². The van der Waals surface area contributed by atoms with Gasteiger partial charge in [0.15, 0.2) is 5.78 Å². The summed E-state index contributed by atoms with van der Waals surface area (Å²) in [5.41, 5.74) is 1.28. The zero-order valence-electron chi connectivity index (χ0n) is 9.14. The molecule has 8 heteroatoms. The standard InChI is InChI=1S/C11H7F6NO/c12-10(13,14)7-3-1-2-6(4-7)8(19)5-9(18)11(15,16)17/h1-5H,18H2. The molecule has 104 valence electrons. The monoisotopic (exact) mass is 283 g/mol. The van der Waals surface area contributed by atoms with Crippen LogP contribution >= 0.6 is 0 Å². The van der Waals surface area contributed by atoms with Gasteiger partial charge < -0.3 is 5.73 Å². The number of alkyl halides is 6. The Bertz CT molecular complexity index is 515. The van der Waals surface area contributed by atoms with E-state index in [-0.39, 0.29) is 6.08 Å². The van der Waals surface area contributed by atoms with Crippen LogP contribution in [0.5, 0.6) is 0 Å². The summed E-state index contributed by atoms with van der Waals surface area (Å²) in [6.07, 6.45) is -9.54. The Morgan fingerprint density at radius 2 is 1.68 bits per heavy atom. The first-order chi connectivity index (χ1) is 8.51. The Balaban J connectivity index is 3.09. The second kappa shape index (κ2) is 4.94. The van der Waals surface area contributed by atoms with Gasteiger partial charge >= 0.3 is 12.4 Å². The highest BCUT2D eigenvalue weighted by atomic mass is 19.4. The number of halogens is 6. The number of carbonyl (C=O) groups is 1. The lowest BCUT2D eigenvalue weighted by molar-refractivity contribution is -0.137. The summed E-state index contributed by atoms with van der Waals surface area (Å²) in [4.78, 5) is 11.4. The molecular formula is C11H7F6NO. The van der Waals surface area contributed by atoms with Gasteiger partial charge in [0.1, 0.15) is 5.70 Å². The van der Waals surface area contributed by atoms with Crippen LogP contribution in [0.4, 0.5) is 26.3 Å². The van der Waals surface area contributed by atoms with Gasteiger partial charge in [0.2, 0.25) is 0 Å². The lowest BCUT2D eigenvalue weighted by Crippen LogP contribution is -2.20. The largest absolute Gasteiger partial charge is 0.430 e. The summed E-state index contributed by atoms with van der Waals surface area (Å²) >= 11 is 0. The molecule has 0 aliphatic carbocycles. The number of benzene rings is 1. The molecule has 0 aliphatic rings. The van der Waals surface area contributed by atoms with E-state index in [2.05, 4.69) is 5.73 Å². The van der Waals surface area contributed by atoms with Crippen molar-refractivity contribution in [2.45, 2.75) is 12.4 Å². The Morgan fingerprint density at radius 1 is 1.11 bits per heavy atom. The van der Waals surface area contributed by atoms with Crippen molar-refractivity contribution in [2.75, 3.05) is 0 Å². The maximum Gasteiger partial charge on any atom is 0.430 e. The molecular weight excluding hydrogens is 276 g/mol. The number of allylic oxidation sites excluding steroid dienone is 2. The van der Waals surface area contributed by atoms with Gasteiger partial charge in [-0.15, -0.1) is 0 Å². The van der Waals surface area contributed by atoms with E-state index < -0.39 is 35.0 Å². The average Bonchev–Trinajstić information content (AvgIpc) is 2.26. The van der Waals surface area contributed by atoms with Crippen molar-refractivity contribution in [3.63, 3.8) is 0 Å². The first kappa shape index (κ1) is 15.1. The molecule has 1 aromatic carbocycles. The molecule has 1 aromatic rings. The second-order valence-corrected chi connectivity index (χ2v) is 3.54. The summed E-state index contributed by atoms with van der Waals surface area (Å²) in [6.45, 7) is 0. The van der Waals surface area contributed by atoms with E-state index in [0.717, 1.165) is 12.1 Å². The number of rotatable bonds is 2. The van der Waals surface area contributed by atoms with Crippen molar-refractivity contribution in [3.05, 3.63) is 47.2 Å². The summed E-state index contributed by atoms with van der Waals surface area (Å²) in [6, 6.07) is 3.06. The predicted octanol–water partition coefficient (Wildman–Crippen LogP) is 3.29. The predicted molar refractivity (Wildman–Crippen MR) is 54.1 cm³/mol. The van der Waals surface area contributed by atoms with Crippen molar-refractivity contribution in [3.8, 4) is 0 Å². The maximum atomic E-state index is 12.4. The highest BCUT2D eigenvalue weighted by Crippen LogP contribution is 2.30. The fourth-order valence-corrected chi connectivity index (χ4v) is 1.16. The zero-order valence-corrected chi connectivity index (χ0v) is 9.14. The van der Waals surface area contributed by atoms with Crippen LogP contribution in [-0.2, 0) is 6.18 Å². The van der Waals surface area contributed by atoms with Gasteiger partial charge in [0.25, 0.3) is 0 Å². The van der Waals surface area contributed by atoms with Crippen LogP contribution in [0.15, 0.2) is 36.0 Å². The summed E-state index contributed by atoms with van der Waals surface area (Å²) in [5.74, 6) is -1.25. The third-order valence-corrected chi connectivity index (χ3v) is 2.09. The molecule has 0 saturated carbocycles. The third-order valence-electron chi connectivity index (χ3n) is 2.09. The smallest absolute Gasteiger partial charge is 0.395 e. The number of hydrogen-bond acceptors (Lipinski definition) is 2. The minimum Gasteiger partial charge on any atom is -0.395 e. The van der Waals surface area contributed by atoms with Crippen molar-refractivity contribution < 1.29 is 31.1 Å². The molecule has 0 atom stereocenters. The van der Waals surface area contributed by atoms with Crippen LogP contribution in [0.3, 0.4) is 0 Å². The highest BCUT2D eigenvalue weighted by molar-refractivity contribution is 6.05. The summed E-state index contributed by atoms with van der Waals surface area (Å²) in [7, 11) is 0. The zero-order chi connectivity index (χ0) is 14.8. The van der Waals surface area contributed by atoms with Crippen LogP contribution in [0.2, 0.25) is 0 Å². The fourth-order valence-electron chi connectivity index (χ4n) is 1.16. The van der Waals surface area contributed by atoms with Crippen LogP contribution < -0.4 is 5.73 Å². The number of carbonyl (C=O) groups excluding carboxylic acids is 1. The maximum absolute atomic E-state index is 12.4. The minimum absolute atomic E-state index is 0.0511. The molecule has 0 unspecified atom stereocenters. The lowest BCUT2D eigenvalue weighted by atomic mass is 10.1. The van der Waals surface area contributed by atoms with Crippen molar-refractivity contribution in [2.24, 2.45) is 5.73 Å². The minimum atomic E-state index is -4.91. The molecule has 0 saturated heterocycles. The summed E-state index contributed by atoms with van der Waals surface area (Å²) < 4.78 is 73.3. The summed E-state index contributed by atoms with van der Waals surface area (Å²) in [5, 5.41) is 0. The molecule has 0 aliphatic heterocycles. The van der Waals surface area contributed by atoms with E-state index in [4.69, 9.17) is 0 Å². The Kier molecular flexibility index (Phi) is 3.92.